The van der Waals surface area contributed by atoms with Gasteiger partial charge in [0.05, 0.1) is 42.2 Å². The van der Waals surface area contributed by atoms with Gasteiger partial charge in [-0.3, -0.25) is 0 Å². The molecule has 0 radical (unpaired) electrons. The second kappa shape index (κ2) is 20.3. The first-order chi connectivity index (χ1) is 23.4. The maximum Gasteiger partial charge on any atom is 0.0785 e. The summed E-state index contributed by atoms with van der Waals surface area (Å²) in [7, 11) is 0. The third-order valence-electron chi connectivity index (χ3n) is 11.6. The Bertz CT molecular complexity index is 1100. The van der Waals surface area contributed by atoms with Crippen LogP contribution in [0.5, 0.6) is 0 Å². The van der Waals surface area contributed by atoms with Gasteiger partial charge in [-0.05, 0) is 98.9 Å². The van der Waals surface area contributed by atoms with Crippen molar-refractivity contribution in [2.75, 3.05) is 6.61 Å². The first-order valence-corrected chi connectivity index (χ1v) is 19.5. The second-order valence-electron chi connectivity index (χ2n) is 16.6. The highest BCUT2D eigenvalue weighted by Crippen LogP contribution is 2.48. The van der Waals surface area contributed by atoms with E-state index in [4.69, 9.17) is 14.2 Å². The van der Waals surface area contributed by atoms with E-state index in [0.29, 0.717) is 68.0 Å². The van der Waals surface area contributed by atoms with Gasteiger partial charge in [0.25, 0.3) is 0 Å². The summed E-state index contributed by atoms with van der Waals surface area (Å²) >= 11 is 0. The summed E-state index contributed by atoms with van der Waals surface area (Å²) in [4.78, 5) is 0. The minimum Gasteiger partial charge on any atom is -0.393 e. The van der Waals surface area contributed by atoms with Crippen molar-refractivity contribution in [1.82, 2.24) is 0 Å². The van der Waals surface area contributed by atoms with Crippen LogP contribution in [-0.4, -0.2) is 52.4 Å². The Morgan fingerprint density at radius 1 is 0.755 bits per heavy atom. The lowest BCUT2D eigenvalue weighted by Gasteiger charge is -2.49. The predicted octanol–water partition coefficient (Wildman–Crippen LogP) is 10.3. The maximum absolute atomic E-state index is 11.5. The molecule has 1 aromatic rings. The SMILES string of the molecule is C=CC[C@]1(O[C@H](CCOCc2ccccc2)C[C@@H](O)C[C@H](O)C[C@@H](C=C)O[C@@]2(CC=C)C[C@H](C)CC[C@H]2C(C)C)C[C@H](C)CC[C@H]1C(C)C. The molecule has 0 unspecified atom stereocenters. The molecule has 49 heavy (non-hydrogen) atoms. The van der Waals surface area contributed by atoms with Crippen molar-refractivity contribution in [1.29, 1.82) is 0 Å². The first kappa shape index (κ1) is 41.7. The van der Waals surface area contributed by atoms with Crippen LogP contribution >= 0.6 is 0 Å². The quantitative estimate of drug-likeness (QED) is 0.0943. The van der Waals surface area contributed by atoms with E-state index < -0.39 is 12.2 Å². The van der Waals surface area contributed by atoms with Crippen molar-refractivity contribution in [3.05, 3.63) is 73.9 Å². The summed E-state index contributed by atoms with van der Waals surface area (Å²) in [6, 6.07) is 10.2. The second-order valence-corrected chi connectivity index (χ2v) is 16.6. The zero-order chi connectivity index (χ0) is 36.0. The Morgan fingerprint density at radius 3 is 1.80 bits per heavy atom. The van der Waals surface area contributed by atoms with Gasteiger partial charge in [-0.1, -0.05) is 103 Å². The molecular formula is C44H72O5. The van der Waals surface area contributed by atoms with Crippen molar-refractivity contribution >= 4 is 0 Å². The van der Waals surface area contributed by atoms with E-state index in [1.807, 2.05) is 36.4 Å². The van der Waals surface area contributed by atoms with Gasteiger partial charge in [0.1, 0.15) is 0 Å². The lowest BCUT2D eigenvalue weighted by atomic mass is 9.65. The van der Waals surface area contributed by atoms with Crippen LogP contribution in [0.2, 0.25) is 0 Å². The number of aliphatic hydroxyl groups excluding tert-OH is 2. The lowest BCUT2D eigenvalue weighted by Crippen LogP contribution is -2.50. The van der Waals surface area contributed by atoms with Crippen molar-refractivity contribution in [2.45, 2.75) is 161 Å². The smallest absolute Gasteiger partial charge is 0.0785 e. The van der Waals surface area contributed by atoms with E-state index in [-0.39, 0.29) is 29.8 Å². The van der Waals surface area contributed by atoms with E-state index in [0.717, 1.165) is 44.1 Å². The number of benzene rings is 1. The van der Waals surface area contributed by atoms with Crippen LogP contribution in [0.3, 0.4) is 0 Å². The van der Waals surface area contributed by atoms with Crippen molar-refractivity contribution in [3.63, 3.8) is 0 Å². The van der Waals surface area contributed by atoms with E-state index >= 15 is 0 Å². The van der Waals surface area contributed by atoms with Crippen molar-refractivity contribution in [3.8, 4) is 0 Å². The predicted molar refractivity (Wildman–Crippen MR) is 204 cm³/mol. The summed E-state index contributed by atoms with van der Waals surface area (Å²) in [5, 5.41) is 22.9. The monoisotopic (exact) mass is 681 g/mol. The van der Waals surface area contributed by atoms with E-state index in [1.54, 1.807) is 0 Å². The molecule has 278 valence electrons. The van der Waals surface area contributed by atoms with E-state index in [9.17, 15) is 10.2 Å². The zero-order valence-corrected chi connectivity index (χ0v) is 32.0. The molecule has 2 fully saturated rings. The molecule has 5 heteroatoms. The Hall–Kier alpha value is -1.76. The minimum absolute atomic E-state index is 0.206. The van der Waals surface area contributed by atoms with Crippen LogP contribution in [0.4, 0.5) is 0 Å². The fraction of sp³-hybridized carbons (Fsp3) is 0.727. The Labute approximate surface area is 300 Å². The summed E-state index contributed by atoms with van der Waals surface area (Å²) in [6.45, 7) is 27.2. The molecule has 2 aliphatic carbocycles. The van der Waals surface area contributed by atoms with Gasteiger partial charge in [0, 0.05) is 13.0 Å². The third kappa shape index (κ3) is 12.5. The summed E-state index contributed by atoms with van der Waals surface area (Å²) in [5.74, 6) is 2.96. The van der Waals surface area contributed by atoms with Crippen LogP contribution in [0.25, 0.3) is 0 Å². The number of aliphatic hydroxyl groups is 2. The highest BCUT2D eigenvalue weighted by molar-refractivity contribution is 5.13. The summed E-state index contributed by atoms with van der Waals surface area (Å²) in [5.41, 5.74) is 0.512. The number of rotatable bonds is 22. The van der Waals surface area contributed by atoms with Gasteiger partial charge >= 0.3 is 0 Å². The minimum atomic E-state index is -0.729. The zero-order valence-electron chi connectivity index (χ0n) is 32.0. The molecule has 10 atom stereocenters. The third-order valence-corrected chi connectivity index (χ3v) is 11.6. The van der Waals surface area contributed by atoms with Gasteiger partial charge in [0.15, 0.2) is 0 Å². The molecule has 2 saturated carbocycles. The van der Waals surface area contributed by atoms with Crippen LogP contribution in [0, 0.1) is 35.5 Å². The molecule has 1 aromatic carbocycles. The molecule has 2 aliphatic rings. The molecule has 2 N–H and O–H groups in total. The molecule has 3 rings (SSSR count). The average Bonchev–Trinajstić information content (AvgIpc) is 3.03. The summed E-state index contributed by atoms with van der Waals surface area (Å²) in [6.07, 6.45) is 13.9. The largest absolute Gasteiger partial charge is 0.393 e. The van der Waals surface area contributed by atoms with Crippen LogP contribution < -0.4 is 0 Å². The molecule has 0 amide bonds. The highest BCUT2D eigenvalue weighted by Gasteiger charge is 2.47. The highest BCUT2D eigenvalue weighted by atomic mass is 16.5. The molecule has 0 bridgehead atoms. The average molecular weight is 681 g/mol. The van der Waals surface area contributed by atoms with E-state index in [1.165, 1.54) is 12.8 Å². The fourth-order valence-corrected chi connectivity index (χ4v) is 9.46. The molecule has 0 heterocycles. The Morgan fingerprint density at radius 2 is 1.29 bits per heavy atom. The van der Waals surface area contributed by atoms with Crippen LogP contribution in [0.15, 0.2) is 68.3 Å². The number of ether oxygens (including phenoxy) is 3. The topological polar surface area (TPSA) is 68.2 Å². The van der Waals surface area contributed by atoms with Crippen molar-refractivity contribution < 1.29 is 24.4 Å². The van der Waals surface area contributed by atoms with Gasteiger partial charge < -0.3 is 24.4 Å². The molecule has 0 spiro atoms. The van der Waals surface area contributed by atoms with Gasteiger partial charge in [-0.15, -0.1) is 19.7 Å². The van der Waals surface area contributed by atoms with Crippen molar-refractivity contribution in [2.24, 2.45) is 35.5 Å². The molecular weight excluding hydrogens is 608 g/mol. The van der Waals surface area contributed by atoms with Gasteiger partial charge in [-0.25, -0.2) is 0 Å². The molecule has 0 aliphatic heterocycles. The fourth-order valence-electron chi connectivity index (χ4n) is 9.46. The van der Waals surface area contributed by atoms with E-state index in [2.05, 4.69) is 73.4 Å². The number of hydrogen-bond donors (Lipinski definition) is 2. The molecule has 0 aromatic heterocycles. The Balaban J connectivity index is 1.71. The standard InChI is InChI=1S/C44H72O5/c1-10-23-43(29-34(8)18-20-41(43)32(4)5)48-39(12-3)27-37(45)26-38(46)28-40(22-25-47-31-36-16-14-13-15-17-36)49-44(24-11-2)30-35(9)19-21-42(44)33(6)7/h10-17,32-35,37-42,45-46H,1-3,18-31H2,4-9H3/t34-,35-,37+,38+,39-,40-,41+,42+,43+,44+/m1/s1. The maximum atomic E-state index is 11.5. The normalized spacial score (nSPS) is 30.1. The summed E-state index contributed by atoms with van der Waals surface area (Å²) < 4.78 is 20.3. The lowest BCUT2D eigenvalue weighted by molar-refractivity contribution is -0.175. The van der Waals surface area contributed by atoms with Crippen LogP contribution in [0.1, 0.15) is 124 Å². The number of hydrogen-bond acceptors (Lipinski definition) is 5. The first-order valence-electron chi connectivity index (χ1n) is 19.5. The van der Waals surface area contributed by atoms with Crippen LogP contribution in [-0.2, 0) is 20.8 Å². The van der Waals surface area contributed by atoms with Gasteiger partial charge in [0.2, 0.25) is 0 Å². The van der Waals surface area contributed by atoms with Gasteiger partial charge in [-0.2, -0.15) is 0 Å². The molecule has 5 nitrogen and oxygen atoms in total. The molecule has 0 saturated heterocycles. The Kier molecular flexibility index (Phi) is 17.3.